The summed E-state index contributed by atoms with van der Waals surface area (Å²) < 4.78 is 12.0. The second-order valence-corrected chi connectivity index (χ2v) is 5.27. The van der Waals surface area contributed by atoms with Crippen molar-refractivity contribution in [3.8, 4) is 11.5 Å². The van der Waals surface area contributed by atoms with Crippen molar-refractivity contribution in [1.82, 2.24) is 0 Å². The lowest BCUT2D eigenvalue weighted by Crippen LogP contribution is -2.34. The molecule has 1 aromatic carbocycles. The van der Waals surface area contributed by atoms with E-state index in [4.69, 9.17) is 9.47 Å². The minimum atomic E-state index is -0.629. The molecule has 0 bridgehead atoms. The van der Waals surface area contributed by atoms with Gasteiger partial charge < -0.3 is 9.47 Å². The standard InChI is InChI=1S/C13H13BrO3/c1-13(2)9(7-15)4-8-5-10(14)6-11(16-3)12(8)17-13/h4-7H,1-3H3. The number of hydrogen-bond acceptors (Lipinski definition) is 3. The highest BCUT2D eigenvalue weighted by atomic mass is 79.9. The topological polar surface area (TPSA) is 35.5 Å². The molecule has 0 amide bonds. The summed E-state index contributed by atoms with van der Waals surface area (Å²) in [5.41, 5.74) is 0.832. The third-order valence-corrected chi connectivity index (χ3v) is 3.22. The van der Waals surface area contributed by atoms with E-state index in [-0.39, 0.29) is 0 Å². The number of ether oxygens (including phenoxy) is 2. The van der Waals surface area contributed by atoms with Crippen molar-refractivity contribution in [3.05, 3.63) is 27.7 Å². The van der Waals surface area contributed by atoms with Gasteiger partial charge in [0, 0.05) is 15.6 Å². The molecular weight excluding hydrogens is 284 g/mol. The summed E-state index contributed by atoms with van der Waals surface area (Å²) in [6.07, 6.45) is 2.66. The molecule has 0 saturated heterocycles. The largest absolute Gasteiger partial charge is 0.493 e. The number of aldehydes is 1. The number of fused-ring (bicyclic) bond motifs is 1. The molecule has 0 aliphatic carbocycles. The zero-order chi connectivity index (χ0) is 12.6. The van der Waals surface area contributed by atoms with Crippen molar-refractivity contribution >= 4 is 28.3 Å². The zero-order valence-corrected chi connectivity index (χ0v) is 11.5. The van der Waals surface area contributed by atoms with Gasteiger partial charge in [-0.25, -0.2) is 0 Å². The quantitative estimate of drug-likeness (QED) is 0.786. The van der Waals surface area contributed by atoms with Crippen molar-refractivity contribution in [2.24, 2.45) is 0 Å². The van der Waals surface area contributed by atoms with Crippen LogP contribution in [0.25, 0.3) is 6.08 Å². The van der Waals surface area contributed by atoms with Gasteiger partial charge in [-0.1, -0.05) is 15.9 Å². The molecule has 17 heavy (non-hydrogen) atoms. The molecule has 0 N–H and O–H groups in total. The van der Waals surface area contributed by atoms with Crippen LogP contribution in [0.2, 0.25) is 0 Å². The molecule has 0 fully saturated rings. The Kier molecular flexibility index (Phi) is 3.00. The summed E-state index contributed by atoms with van der Waals surface area (Å²) >= 11 is 3.40. The summed E-state index contributed by atoms with van der Waals surface area (Å²) in [6, 6.07) is 3.74. The minimum Gasteiger partial charge on any atom is -0.493 e. The van der Waals surface area contributed by atoms with E-state index < -0.39 is 5.60 Å². The van der Waals surface area contributed by atoms with E-state index in [9.17, 15) is 4.79 Å². The lowest BCUT2D eigenvalue weighted by atomic mass is 9.93. The van der Waals surface area contributed by atoms with E-state index in [2.05, 4.69) is 15.9 Å². The first kappa shape index (κ1) is 12.2. The van der Waals surface area contributed by atoms with Gasteiger partial charge in [0.2, 0.25) is 0 Å². The van der Waals surface area contributed by atoms with Crippen LogP contribution in [0.4, 0.5) is 0 Å². The molecule has 3 nitrogen and oxygen atoms in total. The number of methoxy groups -OCH3 is 1. The molecule has 2 rings (SSSR count). The van der Waals surface area contributed by atoms with Gasteiger partial charge in [0.05, 0.1) is 7.11 Å². The predicted octanol–water partition coefficient (Wildman–Crippen LogP) is 3.21. The first-order valence-electron chi connectivity index (χ1n) is 5.22. The second-order valence-electron chi connectivity index (χ2n) is 4.36. The Labute approximate surface area is 109 Å². The molecule has 1 heterocycles. The molecule has 0 spiro atoms. The average Bonchev–Trinajstić information content (AvgIpc) is 2.27. The molecule has 0 radical (unpaired) electrons. The number of hydrogen-bond donors (Lipinski definition) is 0. The van der Waals surface area contributed by atoms with Gasteiger partial charge in [-0.05, 0) is 32.1 Å². The van der Waals surface area contributed by atoms with Gasteiger partial charge >= 0.3 is 0 Å². The first-order valence-corrected chi connectivity index (χ1v) is 6.01. The van der Waals surface area contributed by atoms with Gasteiger partial charge in [-0.3, -0.25) is 4.79 Å². The van der Waals surface area contributed by atoms with Crippen LogP contribution < -0.4 is 9.47 Å². The van der Waals surface area contributed by atoms with Crippen LogP contribution in [0, 0.1) is 0 Å². The van der Waals surface area contributed by atoms with Crippen molar-refractivity contribution in [2.75, 3.05) is 7.11 Å². The van der Waals surface area contributed by atoms with E-state index in [0.717, 1.165) is 16.3 Å². The summed E-state index contributed by atoms with van der Waals surface area (Å²) in [5, 5.41) is 0. The van der Waals surface area contributed by atoms with Gasteiger partial charge in [0.25, 0.3) is 0 Å². The van der Waals surface area contributed by atoms with Gasteiger partial charge in [0.15, 0.2) is 11.5 Å². The molecule has 0 atom stereocenters. The smallest absolute Gasteiger partial charge is 0.169 e. The van der Waals surface area contributed by atoms with Crippen LogP contribution in [0.15, 0.2) is 22.2 Å². The first-order chi connectivity index (χ1) is 7.97. The number of benzene rings is 1. The molecule has 0 saturated carbocycles. The van der Waals surface area contributed by atoms with Crippen LogP contribution in [0.1, 0.15) is 19.4 Å². The molecule has 4 heteroatoms. The van der Waals surface area contributed by atoms with E-state index in [1.165, 1.54) is 0 Å². The monoisotopic (exact) mass is 296 g/mol. The van der Waals surface area contributed by atoms with Crippen LogP contribution in [0.5, 0.6) is 11.5 Å². The Morgan fingerprint density at radius 1 is 1.41 bits per heavy atom. The summed E-state index contributed by atoms with van der Waals surface area (Å²) in [6.45, 7) is 3.72. The Morgan fingerprint density at radius 3 is 2.71 bits per heavy atom. The number of rotatable bonds is 2. The third kappa shape index (κ3) is 2.09. The highest BCUT2D eigenvalue weighted by Gasteiger charge is 2.32. The SMILES string of the molecule is COc1cc(Br)cc2c1OC(C)(C)C(C=O)=C2. The Hall–Kier alpha value is -1.29. The van der Waals surface area contributed by atoms with E-state index in [1.807, 2.05) is 32.1 Å². The van der Waals surface area contributed by atoms with Crippen molar-refractivity contribution in [3.63, 3.8) is 0 Å². The lowest BCUT2D eigenvalue weighted by Gasteiger charge is -2.32. The van der Waals surface area contributed by atoms with Gasteiger partial charge in [-0.2, -0.15) is 0 Å². The lowest BCUT2D eigenvalue weighted by molar-refractivity contribution is -0.106. The zero-order valence-electron chi connectivity index (χ0n) is 9.91. The van der Waals surface area contributed by atoms with Crippen LogP contribution in [-0.4, -0.2) is 19.0 Å². The fourth-order valence-corrected chi connectivity index (χ4v) is 2.24. The predicted molar refractivity (Wildman–Crippen MR) is 69.4 cm³/mol. The molecule has 0 aromatic heterocycles. The number of halogens is 1. The third-order valence-electron chi connectivity index (χ3n) is 2.76. The highest BCUT2D eigenvalue weighted by molar-refractivity contribution is 9.10. The second kappa shape index (κ2) is 4.18. The summed E-state index contributed by atoms with van der Waals surface area (Å²) in [4.78, 5) is 11.0. The maximum atomic E-state index is 11.0. The average molecular weight is 297 g/mol. The van der Waals surface area contributed by atoms with Crippen molar-refractivity contribution in [2.45, 2.75) is 19.4 Å². The molecule has 1 aromatic rings. The van der Waals surface area contributed by atoms with Crippen LogP contribution >= 0.6 is 15.9 Å². The van der Waals surface area contributed by atoms with E-state index >= 15 is 0 Å². The number of carbonyl (C=O) groups excluding carboxylic acids is 1. The maximum absolute atomic E-state index is 11.0. The minimum absolute atomic E-state index is 0.616. The number of carbonyl (C=O) groups is 1. The molecule has 1 aliphatic rings. The summed E-state index contributed by atoms with van der Waals surface area (Å²) in [5.74, 6) is 1.33. The fourth-order valence-electron chi connectivity index (χ4n) is 1.79. The Bertz CT molecular complexity index is 504. The van der Waals surface area contributed by atoms with Crippen LogP contribution in [-0.2, 0) is 4.79 Å². The molecule has 1 aliphatic heterocycles. The Morgan fingerprint density at radius 2 is 2.12 bits per heavy atom. The summed E-state index contributed by atoms with van der Waals surface area (Å²) in [7, 11) is 1.59. The van der Waals surface area contributed by atoms with Crippen molar-refractivity contribution < 1.29 is 14.3 Å². The van der Waals surface area contributed by atoms with Gasteiger partial charge in [-0.15, -0.1) is 0 Å². The van der Waals surface area contributed by atoms with Crippen LogP contribution in [0.3, 0.4) is 0 Å². The van der Waals surface area contributed by atoms with E-state index in [0.29, 0.717) is 17.1 Å². The molecule has 90 valence electrons. The van der Waals surface area contributed by atoms with Gasteiger partial charge in [0.1, 0.15) is 11.9 Å². The molecular formula is C13H13BrO3. The highest BCUT2D eigenvalue weighted by Crippen LogP contribution is 2.42. The van der Waals surface area contributed by atoms with E-state index in [1.54, 1.807) is 7.11 Å². The maximum Gasteiger partial charge on any atom is 0.169 e. The normalized spacial score (nSPS) is 16.6. The Balaban J connectivity index is 2.64. The fraction of sp³-hybridized carbons (Fsp3) is 0.308. The molecule has 0 unspecified atom stereocenters. The van der Waals surface area contributed by atoms with Crippen molar-refractivity contribution in [1.29, 1.82) is 0 Å².